The van der Waals surface area contributed by atoms with Gasteiger partial charge in [0.2, 0.25) is 5.52 Å². The molecule has 0 radical (unpaired) electrons. The van der Waals surface area contributed by atoms with Gasteiger partial charge in [-0.15, -0.1) is 0 Å². The quantitative estimate of drug-likeness (QED) is 0.346. The number of anilines is 1. The molecular weight excluding hydrogens is 452 g/mol. The third-order valence-electron chi connectivity index (χ3n) is 6.66. The van der Waals surface area contributed by atoms with Gasteiger partial charge in [0.05, 0.1) is 10.7 Å². The number of benzene rings is 2. The average Bonchev–Trinajstić information content (AvgIpc) is 3.25. The third kappa shape index (κ3) is 4.67. The molecule has 0 atom stereocenters. The van der Waals surface area contributed by atoms with Crippen LogP contribution >= 0.6 is 23.1 Å². The number of hydrogen-bond acceptors (Lipinski definition) is 3. The van der Waals surface area contributed by atoms with Crippen molar-refractivity contribution in [3.05, 3.63) is 93.0 Å². The fourth-order valence-electron chi connectivity index (χ4n) is 4.93. The van der Waals surface area contributed by atoms with Crippen LogP contribution in [0.3, 0.4) is 0 Å². The molecule has 1 aliphatic carbocycles. The van der Waals surface area contributed by atoms with Crippen molar-refractivity contribution in [3.8, 4) is 0 Å². The average molecular weight is 486 g/mol. The summed E-state index contributed by atoms with van der Waals surface area (Å²) in [6, 6.07) is 13.4. The molecule has 0 spiro atoms. The maximum absolute atomic E-state index is 2.40. The predicted molar refractivity (Wildman–Crippen MR) is 149 cm³/mol. The Bertz CT molecular complexity index is 1400. The maximum atomic E-state index is 2.40. The van der Waals surface area contributed by atoms with E-state index in [2.05, 4.69) is 118 Å². The predicted octanol–water partition coefficient (Wildman–Crippen LogP) is 8.11. The minimum absolute atomic E-state index is 0.257. The molecule has 2 aliphatic rings. The summed E-state index contributed by atoms with van der Waals surface area (Å²) in [4.78, 5) is 3.65. The normalized spacial score (nSPS) is 20.1. The highest BCUT2D eigenvalue weighted by Gasteiger charge is 2.25. The molecule has 2 heterocycles. The van der Waals surface area contributed by atoms with Crippen LogP contribution in [-0.2, 0) is 7.05 Å². The van der Waals surface area contributed by atoms with Crippen molar-refractivity contribution >= 4 is 45.1 Å². The number of allylic oxidation sites excluding steroid dienone is 6. The van der Waals surface area contributed by atoms with Gasteiger partial charge in [-0.1, -0.05) is 67.3 Å². The van der Waals surface area contributed by atoms with Crippen molar-refractivity contribution in [1.29, 1.82) is 0 Å². The van der Waals surface area contributed by atoms with Gasteiger partial charge < -0.3 is 4.90 Å². The van der Waals surface area contributed by atoms with Crippen LogP contribution in [-0.4, -0.2) is 7.05 Å². The summed E-state index contributed by atoms with van der Waals surface area (Å²) in [7, 11) is 4.33. The molecule has 0 bridgehead atoms. The number of rotatable bonds is 3. The molecule has 2 aromatic carbocycles. The number of thiazole rings is 1. The van der Waals surface area contributed by atoms with Crippen molar-refractivity contribution in [1.82, 2.24) is 0 Å². The van der Waals surface area contributed by atoms with Gasteiger partial charge in [-0.05, 0) is 78.7 Å². The monoisotopic (exact) mass is 485 g/mol. The highest BCUT2D eigenvalue weighted by molar-refractivity contribution is 8.03. The van der Waals surface area contributed by atoms with Crippen LogP contribution in [0, 0.1) is 19.3 Å². The molecule has 0 unspecified atom stereocenters. The van der Waals surface area contributed by atoms with Crippen molar-refractivity contribution in [2.75, 3.05) is 11.9 Å². The molecule has 34 heavy (non-hydrogen) atoms. The first-order valence-corrected chi connectivity index (χ1v) is 13.5. The van der Waals surface area contributed by atoms with E-state index in [9.17, 15) is 0 Å². The SMILES string of the molecule is Cc1ccc2c(c1)S/C(=C\C=C1C=C(/C=C/c3sc4cc(C)ccc4[n+]3C)CC(C)(C)C\1)N2C. The van der Waals surface area contributed by atoms with Crippen LogP contribution in [0.4, 0.5) is 5.69 Å². The second-order valence-corrected chi connectivity index (χ2v) is 12.5. The smallest absolute Gasteiger partial charge is 0.262 e. The van der Waals surface area contributed by atoms with Gasteiger partial charge in [0.25, 0.3) is 5.01 Å². The fourth-order valence-corrected chi connectivity index (χ4v) is 7.23. The lowest BCUT2D eigenvalue weighted by Crippen LogP contribution is -2.28. The Balaban J connectivity index is 1.41. The van der Waals surface area contributed by atoms with Gasteiger partial charge in [0.1, 0.15) is 11.7 Å². The molecule has 0 amide bonds. The highest BCUT2D eigenvalue weighted by atomic mass is 32.2. The van der Waals surface area contributed by atoms with E-state index in [0.29, 0.717) is 0 Å². The second kappa shape index (κ2) is 8.90. The van der Waals surface area contributed by atoms with E-state index in [4.69, 9.17) is 0 Å². The summed E-state index contributed by atoms with van der Waals surface area (Å²) in [5, 5.41) is 2.57. The van der Waals surface area contributed by atoms with E-state index in [-0.39, 0.29) is 5.41 Å². The minimum Gasteiger partial charge on any atom is -0.338 e. The number of thioether (sulfide) groups is 1. The summed E-state index contributed by atoms with van der Waals surface area (Å²) >= 11 is 3.73. The number of aromatic nitrogens is 1. The van der Waals surface area contributed by atoms with Crippen LogP contribution in [0.15, 0.2) is 81.8 Å². The van der Waals surface area contributed by atoms with Gasteiger partial charge in [0.15, 0.2) is 0 Å². The maximum Gasteiger partial charge on any atom is 0.262 e. The number of fused-ring (bicyclic) bond motifs is 2. The van der Waals surface area contributed by atoms with Gasteiger partial charge in [-0.2, -0.15) is 4.57 Å². The summed E-state index contributed by atoms with van der Waals surface area (Å²) in [6.45, 7) is 9.08. The summed E-state index contributed by atoms with van der Waals surface area (Å²) in [5.41, 5.74) is 8.29. The van der Waals surface area contributed by atoms with E-state index in [1.165, 1.54) is 53.1 Å². The standard InChI is InChI=1S/C30H33N2S2/c1-20-7-11-24-26(15-20)33-28(31(24)5)13-9-22-17-23(19-30(3,4)18-22)10-14-29-32(6)25-12-8-21(2)16-27(25)34-29/h7-17H,18-19H2,1-6H3/q+1. The zero-order chi connectivity index (χ0) is 24.0. The molecule has 0 saturated carbocycles. The summed E-state index contributed by atoms with van der Waals surface area (Å²) in [6.07, 6.45) is 13.8. The van der Waals surface area contributed by atoms with Gasteiger partial charge >= 0.3 is 0 Å². The molecule has 1 aliphatic heterocycles. The molecule has 4 heteroatoms. The van der Waals surface area contributed by atoms with Crippen molar-refractivity contribution < 1.29 is 4.57 Å². The van der Waals surface area contributed by atoms with Crippen LogP contribution in [0.5, 0.6) is 0 Å². The Morgan fingerprint density at radius 2 is 1.74 bits per heavy atom. The van der Waals surface area contributed by atoms with Gasteiger partial charge in [-0.25, -0.2) is 0 Å². The second-order valence-electron chi connectivity index (χ2n) is 10.4. The minimum atomic E-state index is 0.257. The topological polar surface area (TPSA) is 7.12 Å². The lowest BCUT2D eigenvalue weighted by Gasteiger charge is -2.30. The molecular formula is C30H33N2S2+. The lowest BCUT2D eigenvalue weighted by molar-refractivity contribution is -0.642. The Labute approximate surface area is 212 Å². The van der Waals surface area contributed by atoms with Crippen molar-refractivity contribution in [2.24, 2.45) is 12.5 Å². The Hall–Kier alpha value is -2.56. The molecule has 0 N–H and O–H groups in total. The molecule has 0 saturated heterocycles. The number of nitrogens with zero attached hydrogens (tertiary/aromatic N) is 2. The summed E-state index contributed by atoms with van der Waals surface area (Å²) in [5.74, 6) is 0. The van der Waals surface area contributed by atoms with E-state index in [1.807, 2.05) is 23.1 Å². The van der Waals surface area contributed by atoms with Gasteiger partial charge in [-0.3, -0.25) is 0 Å². The van der Waals surface area contributed by atoms with E-state index >= 15 is 0 Å². The molecule has 1 aromatic heterocycles. The number of aryl methyl sites for hydroxylation is 3. The Morgan fingerprint density at radius 1 is 0.971 bits per heavy atom. The molecule has 3 aromatic rings. The van der Waals surface area contributed by atoms with Crippen molar-refractivity contribution in [3.63, 3.8) is 0 Å². The molecule has 0 fully saturated rings. The van der Waals surface area contributed by atoms with Gasteiger partial charge in [0, 0.05) is 24.1 Å². The number of hydrogen-bond donors (Lipinski definition) is 0. The first-order chi connectivity index (χ1) is 16.2. The largest absolute Gasteiger partial charge is 0.338 e. The molecule has 5 rings (SSSR count). The van der Waals surface area contributed by atoms with Crippen LogP contribution in [0.1, 0.15) is 42.8 Å². The molecule has 2 nitrogen and oxygen atoms in total. The summed E-state index contributed by atoms with van der Waals surface area (Å²) < 4.78 is 3.65. The van der Waals surface area contributed by atoms with Crippen LogP contribution in [0.2, 0.25) is 0 Å². The zero-order valence-corrected chi connectivity index (χ0v) is 22.6. The van der Waals surface area contributed by atoms with E-state index in [0.717, 1.165) is 12.8 Å². The molecule has 174 valence electrons. The van der Waals surface area contributed by atoms with E-state index in [1.54, 1.807) is 0 Å². The Morgan fingerprint density at radius 3 is 2.56 bits per heavy atom. The van der Waals surface area contributed by atoms with Crippen LogP contribution < -0.4 is 9.47 Å². The first-order valence-electron chi connectivity index (χ1n) is 11.9. The first kappa shape index (κ1) is 23.2. The zero-order valence-electron chi connectivity index (χ0n) is 21.0. The van der Waals surface area contributed by atoms with E-state index < -0.39 is 0 Å². The van der Waals surface area contributed by atoms with Crippen molar-refractivity contribution in [2.45, 2.75) is 45.4 Å². The Kier molecular flexibility index (Phi) is 6.07. The highest BCUT2D eigenvalue weighted by Crippen LogP contribution is 2.45. The lowest BCUT2D eigenvalue weighted by atomic mass is 9.75. The fraction of sp³-hybridized carbons (Fsp3) is 0.300. The van der Waals surface area contributed by atoms with Crippen LogP contribution in [0.25, 0.3) is 16.3 Å². The third-order valence-corrected chi connectivity index (χ3v) is 8.99.